The SMILES string of the molecule is O[C@H]1c2c(C(F)(F)F)ccc(OCC(F)F)c2C[C@@H]1F. The molecule has 0 unspecified atom stereocenters. The topological polar surface area (TPSA) is 29.5 Å². The lowest BCUT2D eigenvalue weighted by Gasteiger charge is -2.17. The average Bonchev–Trinajstić information content (AvgIpc) is 2.62. The van der Waals surface area contributed by atoms with Crippen molar-refractivity contribution in [2.24, 2.45) is 0 Å². The van der Waals surface area contributed by atoms with E-state index >= 15 is 0 Å². The molecule has 0 saturated heterocycles. The summed E-state index contributed by atoms with van der Waals surface area (Å²) in [4.78, 5) is 0. The third kappa shape index (κ3) is 2.70. The number of alkyl halides is 6. The molecule has 2 rings (SSSR count). The van der Waals surface area contributed by atoms with Crippen molar-refractivity contribution in [2.75, 3.05) is 6.61 Å². The molecule has 0 aromatic heterocycles. The second-order valence-corrected chi connectivity index (χ2v) is 4.37. The Hall–Kier alpha value is -1.44. The maximum atomic E-state index is 13.4. The molecule has 0 aliphatic heterocycles. The van der Waals surface area contributed by atoms with Gasteiger partial charge in [-0.3, -0.25) is 0 Å². The fourth-order valence-electron chi connectivity index (χ4n) is 2.22. The van der Waals surface area contributed by atoms with Gasteiger partial charge >= 0.3 is 6.18 Å². The molecule has 1 aromatic carbocycles. The summed E-state index contributed by atoms with van der Waals surface area (Å²) in [6.45, 7) is -1.01. The molecule has 20 heavy (non-hydrogen) atoms. The Balaban J connectivity index is 2.46. The molecule has 1 aliphatic carbocycles. The summed E-state index contributed by atoms with van der Waals surface area (Å²) in [5.41, 5.74) is -2.01. The standard InChI is InChI=1S/C12H10F6O2/c13-7-3-5-8(20-4-9(14)15)2-1-6(12(16,17)18)10(5)11(7)19/h1-2,7,9,11,19H,3-4H2/t7-,11+/m0/s1. The van der Waals surface area contributed by atoms with E-state index in [1.54, 1.807) is 0 Å². The van der Waals surface area contributed by atoms with Crippen LogP contribution in [0.3, 0.4) is 0 Å². The van der Waals surface area contributed by atoms with Gasteiger partial charge in [-0.2, -0.15) is 13.2 Å². The van der Waals surface area contributed by atoms with Crippen LogP contribution in [0.25, 0.3) is 0 Å². The highest BCUT2D eigenvalue weighted by Crippen LogP contribution is 2.45. The highest BCUT2D eigenvalue weighted by molar-refractivity contribution is 5.51. The zero-order valence-corrected chi connectivity index (χ0v) is 9.92. The van der Waals surface area contributed by atoms with Crippen LogP contribution in [0.4, 0.5) is 26.3 Å². The van der Waals surface area contributed by atoms with Crippen molar-refractivity contribution in [1.82, 2.24) is 0 Å². The van der Waals surface area contributed by atoms with E-state index in [1.807, 2.05) is 0 Å². The van der Waals surface area contributed by atoms with Gasteiger partial charge in [-0.15, -0.1) is 0 Å². The second kappa shape index (κ2) is 5.16. The first kappa shape index (κ1) is 15.0. The second-order valence-electron chi connectivity index (χ2n) is 4.37. The Kier molecular flexibility index (Phi) is 3.86. The largest absolute Gasteiger partial charge is 0.487 e. The van der Waals surface area contributed by atoms with Crippen LogP contribution in [0.15, 0.2) is 12.1 Å². The Morgan fingerprint density at radius 3 is 2.50 bits per heavy atom. The van der Waals surface area contributed by atoms with Gasteiger partial charge in [-0.05, 0) is 12.1 Å². The minimum absolute atomic E-state index is 0.208. The fraction of sp³-hybridized carbons (Fsp3) is 0.500. The first-order chi connectivity index (χ1) is 9.21. The summed E-state index contributed by atoms with van der Waals surface area (Å²) < 4.78 is 80.6. The van der Waals surface area contributed by atoms with Crippen molar-refractivity contribution < 1.29 is 36.2 Å². The summed E-state index contributed by atoms with van der Waals surface area (Å²) in [7, 11) is 0. The summed E-state index contributed by atoms with van der Waals surface area (Å²) in [5.74, 6) is -0.257. The smallest absolute Gasteiger partial charge is 0.416 e. The molecule has 2 atom stereocenters. The third-order valence-electron chi connectivity index (χ3n) is 3.02. The Bertz CT molecular complexity index is 499. The number of rotatable bonds is 3. The number of hydrogen-bond acceptors (Lipinski definition) is 2. The van der Waals surface area contributed by atoms with Crippen molar-refractivity contribution in [3.8, 4) is 5.75 Å². The van der Waals surface area contributed by atoms with Crippen LogP contribution in [-0.2, 0) is 12.6 Å². The van der Waals surface area contributed by atoms with Crippen LogP contribution in [0.2, 0.25) is 0 Å². The molecular weight excluding hydrogens is 290 g/mol. The van der Waals surface area contributed by atoms with E-state index in [0.29, 0.717) is 6.07 Å². The zero-order chi connectivity index (χ0) is 15.1. The van der Waals surface area contributed by atoms with Gasteiger partial charge in [0, 0.05) is 17.5 Å². The van der Waals surface area contributed by atoms with Crippen LogP contribution in [-0.4, -0.2) is 24.3 Å². The van der Waals surface area contributed by atoms with Gasteiger partial charge in [0.1, 0.15) is 24.6 Å². The van der Waals surface area contributed by atoms with E-state index in [-0.39, 0.29) is 11.3 Å². The van der Waals surface area contributed by atoms with Gasteiger partial charge in [-0.1, -0.05) is 0 Å². The molecule has 2 nitrogen and oxygen atoms in total. The number of aliphatic hydroxyl groups is 1. The zero-order valence-electron chi connectivity index (χ0n) is 9.92. The predicted octanol–water partition coefficient (Wildman–Crippen LogP) is 3.28. The van der Waals surface area contributed by atoms with E-state index in [9.17, 15) is 31.4 Å². The van der Waals surface area contributed by atoms with Crippen molar-refractivity contribution >= 4 is 0 Å². The van der Waals surface area contributed by atoms with Crippen LogP contribution in [0, 0.1) is 0 Å². The molecule has 1 aromatic rings. The number of aliphatic hydroxyl groups excluding tert-OH is 1. The van der Waals surface area contributed by atoms with Gasteiger partial charge in [0.25, 0.3) is 6.43 Å². The van der Waals surface area contributed by atoms with Crippen LogP contribution in [0.1, 0.15) is 22.8 Å². The molecule has 0 fully saturated rings. The van der Waals surface area contributed by atoms with Crippen molar-refractivity contribution in [3.05, 3.63) is 28.8 Å². The van der Waals surface area contributed by atoms with Crippen LogP contribution < -0.4 is 4.74 Å². The molecule has 1 N–H and O–H groups in total. The molecule has 0 heterocycles. The van der Waals surface area contributed by atoms with Crippen LogP contribution in [0.5, 0.6) is 5.75 Å². The molecule has 1 aliphatic rings. The van der Waals surface area contributed by atoms with Gasteiger partial charge in [-0.25, -0.2) is 13.2 Å². The minimum Gasteiger partial charge on any atom is -0.487 e. The van der Waals surface area contributed by atoms with E-state index in [2.05, 4.69) is 4.74 Å². The maximum Gasteiger partial charge on any atom is 0.416 e. The number of ether oxygens (including phenoxy) is 1. The normalized spacial score (nSPS) is 22.2. The molecule has 8 heteroatoms. The van der Waals surface area contributed by atoms with E-state index in [0.717, 1.165) is 6.07 Å². The van der Waals surface area contributed by atoms with E-state index < -0.39 is 49.0 Å². The quantitative estimate of drug-likeness (QED) is 0.868. The van der Waals surface area contributed by atoms with E-state index in [1.165, 1.54) is 0 Å². The summed E-state index contributed by atoms with van der Waals surface area (Å²) in [6, 6.07) is 1.47. The predicted molar refractivity (Wildman–Crippen MR) is 56.5 cm³/mol. The summed E-state index contributed by atoms with van der Waals surface area (Å²) in [6.07, 6.45) is -11.9. The van der Waals surface area contributed by atoms with Gasteiger partial charge < -0.3 is 9.84 Å². The lowest BCUT2D eigenvalue weighted by atomic mass is 10.0. The van der Waals surface area contributed by atoms with Crippen LogP contribution >= 0.6 is 0 Å². The molecule has 0 saturated carbocycles. The Labute approximate surface area is 110 Å². The number of halogens is 6. The van der Waals surface area contributed by atoms with Gasteiger partial charge in [0.2, 0.25) is 0 Å². The summed E-state index contributed by atoms with van der Waals surface area (Å²) in [5, 5.41) is 9.52. The Morgan fingerprint density at radius 1 is 1.30 bits per heavy atom. The monoisotopic (exact) mass is 300 g/mol. The van der Waals surface area contributed by atoms with E-state index in [4.69, 9.17) is 0 Å². The molecule has 0 radical (unpaired) electrons. The van der Waals surface area contributed by atoms with Crippen molar-refractivity contribution in [3.63, 3.8) is 0 Å². The number of benzene rings is 1. The molecule has 0 bridgehead atoms. The fourth-order valence-corrected chi connectivity index (χ4v) is 2.22. The number of fused-ring (bicyclic) bond motifs is 1. The van der Waals surface area contributed by atoms with Gasteiger partial charge in [0.05, 0.1) is 5.56 Å². The highest BCUT2D eigenvalue weighted by Gasteiger charge is 2.43. The van der Waals surface area contributed by atoms with Crippen molar-refractivity contribution in [2.45, 2.75) is 31.3 Å². The average molecular weight is 300 g/mol. The lowest BCUT2D eigenvalue weighted by Crippen LogP contribution is -2.14. The molecular formula is C12H10F6O2. The summed E-state index contributed by atoms with van der Waals surface area (Å²) >= 11 is 0. The first-order valence-corrected chi connectivity index (χ1v) is 5.68. The number of hydrogen-bond donors (Lipinski definition) is 1. The molecule has 0 amide bonds. The minimum atomic E-state index is -4.77. The third-order valence-corrected chi connectivity index (χ3v) is 3.02. The Morgan fingerprint density at radius 2 is 1.95 bits per heavy atom. The lowest BCUT2D eigenvalue weighted by molar-refractivity contribution is -0.139. The highest BCUT2D eigenvalue weighted by atomic mass is 19.4. The maximum absolute atomic E-state index is 13.4. The molecule has 112 valence electrons. The van der Waals surface area contributed by atoms with Gasteiger partial charge in [0.15, 0.2) is 0 Å². The molecule has 0 spiro atoms. The van der Waals surface area contributed by atoms with Crippen molar-refractivity contribution in [1.29, 1.82) is 0 Å². The first-order valence-electron chi connectivity index (χ1n) is 5.68.